The highest BCUT2D eigenvalue weighted by Crippen LogP contribution is 2.46. The quantitative estimate of drug-likeness (QED) is 0.209. The lowest BCUT2D eigenvalue weighted by molar-refractivity contribution is -0.186. The summed E-state index contributed by atoms with van der Waals surface area (Å²) in [6.45, 7) is 10.6. The highest BCUT2D eigenvalue weighted by atomic mass is 32.2. The number of ether oxygens (including phenoxy) is 2. The topological polar surface area (TPSA) is 177 Å². The second kappa shape index (κ2) is 16.8. The largest absolute Gasteiger partial charge is 0.496 e. The molecule has 4 fully saturated rings. The van der Waals surface area contributed by atoms with E-state index in [4.69, 9.17) is 14.5 Å². The molecule has 1 aromatic carbocycles. The first kappa shape index (κ1) is 44.8. The van der Waals surface area contributed by atoms with Gasteiger partial charge in [0.2, 0.25) is 27.7 Å². The molecule has 0 bridgehead atoms. The number of piperidine rings is 1. The third-order valence-electron chi connectivity index (χ3n) is 12.7. The predicted molar refractivity (Wildman–Crippen MR) is 223 cm³/mol. The number of aromatic nitrogens is 2. The summed E-state index contributed by atoms with van der Waals surface area (Å²) in [4.78, 5) is 69.0. The van der Waals surface area contributed by atoms with Crippen molar-refractivity contribution in [3.8, 4) is 22.9 Å². The van der Waals surface area contributed by atoms with Crippen LogP contribution in [-0.4, -0.2) is 108 Å². The Balaban J connectivity index is 1.21. The fraction of sp³-hybridized carbons (Fsp3) is 0.545. The molecule has 2 saturated heterocycles. The van der Waals surface area contributed by atoms with Crippen LogP contribution in [0.1, 0.15) is 71.3 Å². The van der Waals surface area contributed by atoms with Crippen molar-refractivity contribution in [1.82, 2.24) is 29.8 Å². The summed E-state index contributed by atoms with van der Waals surface area (Å²) >= 11 is 0. The maximum Gasteiger partial charge on any atom is 0.391 e. The molecular formula is C44H53F3N6O8S. The number of fused-ring (bicyclic) bond motifs is 1. The van der Waals surface area contributed by atoms with Crippen LogP contribution in [0.3, 0.4) is 0 Å². The Kier molecular flexibility index (Phi) is 12.1. The summed E-state index contributed by atoms with van der Waals surface area (Å²) in [5.74, 6) is -4.78. The molecule has 2 aromatic heterocycles. The minimum absolute atomic E-state index is 0.0535. The molecule has 334 valence electrons. The van der Waals surface area contributed by atoms with Gasteiger partial charge in [0.1, 0.15) is 29.2 Å². The molecule has 0 radical (unpaired) electrons. The molecule has 62 heavy (non-hydrogen) atoms. The molecule has 2 N–H and O–H groups in total. The van der Waals surface area contributed by atoms with Gasteiger partial charge < -0.3 is 24.6 Å². The Bertz CT molecular complexity index is 2360. The third kappa shape index (κ3) is 9.11. The molecule has 2 saturated carbocycles. The molecule has 7 rings (SSSR count). The molecule has 0 spiro atoms. The fourth-order valence-electron chi connectivity index (χ4n) is 8.64. The number of pyridine rings is 2. The average molecular weight is 883 g/mol. The van der Waals surface area contributed by atoms with Gasteiger partial charge in [0, 0.05) is 55.1 Å². The number of hydrogen-bond donors (Lipinski definition) is 2. The number of benzene rings is 1. The van der Waals surface area contributed by atoms with Gasteiger partial charge in [-0.25, -0.2) is 13.4 Å². The minimum Gasteiger partial charge on any atom is -0.496 e. The normalized spacial score (nSPS) is 23.7. The van der Waals surface area contributed by atoms with Gasteiger partial charge in [0.05, 0.1) is 47.6 Å². The number of sulfonamides is 1. The average Bonchev–Trinajstić information content (AvgIpc) is 4.16. The Morgan fingerprint density at radius 1 is 1.03 bits per heavy atom. The van der Waals surface area contributed by atoms with E-state index in [1.54, 1.807) is 64.4 Å². The number of methoxy groups -OCH3 is 1. The number of carbonyl (C=O) groups excluding carboxylic acids is 4. The summed E-state index contributed by atoms with van der Waals surface area (Å²) in [5, 5.41) is 2.73. The van der Waals surface area contributed by atoms with E-state index in [0.717, 1.165) is 5.56 Å². The maximum atomic E-state index is 14.9. The Morgan fingerprint density at radius 2 is 1.74 bits per heavy atom. The second-order valence-electron chi connectivity index (χ2n) is 18.0. The van der Waals surface area contributed by atoms with E-state index in [-0.39, 0.29) is 51.7 Å². The van der Waals surface area contributed by atoms with Crippen molar-refractivity contribution in [2.45, 2.75) is 102 Å². The first-order valence-corrected chi connectivity index (χ1v) is 22.4. The standard InChI is InChI=1S/C44H53F3N6O8S/c1-7-26-23-43(26,41(57)51-62(58,59)29-11-12-29)50-39(55)34-20-28(61-36-22-33(32-10-8-9-17-48-32)49-38-25(2)35(60-6)14-13-30(36)38)24-53(34)40(56)31(42(3,4)5)21-37(54)52-18-15-27(16-19-52)44(45,46)47/h7-10,13-14,17,22,26-29,31,34H,1,11-12,15-16,18-21,23-24H2,2-6H3,(H,50,55)(H,51,57)/t26?,28-,31?,34+,43+/m1/s1. The van der Waals surface area contributed by atoms with Crippen LogP contribution in [0.25, 0.3) is 22.3 Å². The van der Waals surface area contributed by atoms with Gasteiger partial charge in [-0.15, -0.1) is 6.58 Å². The van der Waals surface area contributed by atoms with Crippen LogP contribution in [0.2, 0.25) is 0 Å². The van der Waals surface area contributed by atoms with Gasteiger partial charge in [-0.05, 0) is 68.7 Å². The van der Waals surface area contributed by atoms with Gasteiger partial charge in [-0.2, -0.15) is 13.2 Å². The SMILES string of the molecule is C=CC1C[C@@]1(NC(=O)[C@@H]1C[C@@H](Oc2cc(-c3ccccn3)nc3c(C)c(OC)ccc23)CN1C(=O)C(CC(=O)N1CCC(C(F)(F)F)CC1)C(C)(C)C)C(=O)NS(=O)(=O)C1CC1. The van der Waals surface area contributed by atoms with Crippen LogP contribution in [0.15, 0.2) is 55.3 Å². The molecule has 14 nitrogen and oxygen atoms in total. The third-order valence-corrected chi connectivity index (χ3v) is 14.5. The summed E-state index contributed by atoms with van der Waals surface area (Å²) in [5.41, 5.74) is -0.112. The number of aryl methyl sites for hydroxylation is 1. The maximum absolute atomic E-state index is 14.9. The van der Waals surface area contributed by atoms with E-state index in [1.165, 1.54) is 15.9 Å². The number of amides is 4. The van der Waals surface area contributed by atoms with Crippen LogP contribution < -0.4 is 19.5 Å². The molecule has 18 heteroatoms. The fourth-order valence-corrected chi connectivity index (χ4v) is 10.0. The molecule has 2 unspecified atom stereocenters. The molecule has 4 amide bonds. The Morgan fingerprint density at radius 3 is 2.32 bits per heavy atom. The van der Waals surface area contributed by atoms with E-state index in [9.17, 15) is 40.8 Å². The van der Waals surface area contributed by atoms with Crippen LogP contribution in [-0.2, 0) is 29.2 Å². The van der Waals surface area contributed by atoms with Gasteiger partial charge in [0.15, 0.2) is 0 Å². The van der Waals surface area contributed by atoms with Crippen LogP contribution in [0, 0.1) is 30.1 Å². The molecule has 2 aliphatic heterocycles. The predicted octanol–water partition coefficient (Wildman–Crippen LogP) is 5.48. The molecule has 3 aromatic rings. The van der Waals surface area contributed by atoms with Gasteiger partial charge in [-0.1, -0.05) is 32.9 Å². The smallest absolute Gasteiger partial charge is 0.391 e. The summed E-state index contributed by atoms with van der Waals surface area (Å²) < 4.78 is 80.5. The minimum atomic E-state index is -4.37. The second-order valence-corrected chi connectivity index (χ2v) is 20.0. The zero-order chi connectivity index (χ0) is 44.9. The van der Waals surface area contributed by atoms with Crippen molar-refractivity contribution < 1.29 is 50.2 Å². The van der Waals surface area contributed by atoms with Crippen molar-refractivity contribution in [3.63, 3.8) is 0 Å². The van der Waals surface area contributed by atoms with E-state index in [1.807, 2.05) is 13.0 Å². The Hall–Kier alpha value is -5.26. The number of likely N-dealkylation sites (tertiary alicyclic amines) is 2. The number of halogens is 3. The Labute approximate surface area is 359 Å². The van der Waals surface area contributed by atoms with Gasteiger partial charge >= 0.3 is 6.18 Å². The van der Waals surface area contributed by atoms with Crippen molar-refractivity contribution in [2.24, 2.45) is 23.2 Å². The van der Waals surface area contributed by atoms with Crippen molar-refractivity contribution in [3.05, 3.63) is 60.8 Å². The number of carbonyl (C=O) groups is 4. The highest BCUT2D eigenvalue weighted by molar-refractivity contribution is 7.91. The first-order chi connectivity index (χ1) is 29.2. The highest BCUT2D eigenvalue weighted by Gasteiger charge is 2.62. The van der Waals surface area contributed by atoms with Gasteiger partial charge in [0.25, 0.3) is 5.91 Å². The molecule has 4 heterocycles. The number of hydrogen-bond acceptors (Lipinski definition) is 10. The van der Waals surface area contributed by atoms with Crippen LogP contribution in [0.5, 0.6) is 11.5 Å². The number of nitrogens with zero attached hydrogens (tertiary/aromatic N) is 4. The summed E-state index contributed by atoms with van der Waals surface area (Å²) in [6.07, 6.45) is -2.01. The zero-order valence-corrected chi connectivity index (χ0v) is 36.3. The number of nitrogens with one attached hydrogen (secondary N) is 2. The summed E-state index contributed by atoms with van der Waals surface area (Å²) in [7, 11) is -2.42. The molecule has 4 aliphatic rings. The molecule has 5 atom stereocenters. The first-order valence-electron chi connectivity index (χ1n) is 20.9. The van der Waals surface area contributed by atoms with Crippen molar-refractivity contribution in [2.75, 3.05) is 26.7 Å². The zero-order valence-electron chi connectivity index (χ0n) is 35.5. The van der Waals surface area contributed by atoms with Crippen molar-refractivity contribution in [1.29, 1.82) is 0 Å². The van der Waals surface area contributed by atoms with E-state index in [0.29, 0.717) is 46.6 Å². The van der Waals surface area contributed by atoms with Crippen LogP contribution >= 0.6 is 0 Å². The lowest BCUT2D eigenvalue weighted by atomic mass is 9.77. The molecule has 2 aliphatic carbocycles. The van der Waals surface area contributed by atoms with E-state index in [2.05, 4.69) is 21.6 Å². The molecular weight excluding hydrogens is 830 g/mol. The lowest BCUT2D eigenvalue weighted by Gasteiger charge is -2.37. The number of rotatable bonds is 13. The summed E-state index contributed by atoms with van der Waals surface area (Å²) in [6, 6.07) is 9.47. The van der Waals surface area contributed by atoms with E-state index >= 15 is 0 Å². The van der Waals surface area contributed by atoms with E-state index < -0.39 is 85.9 Å². The monoisotopic (exact) mass is 882 g/mol. The lowest BCUT2D eigenvalue weighted by Crippen LogP contribution is -2.57. The van der Waals surface area contributed by atoms with Gasteiger partial charge in [-0.3, -0.25) is 28.9 Å². The van der Waals surface area contributed by atoms with Crippen LogP contribution in [0.4, 0.5) is 13.2 Å². The van der Waals surface area contributed by atoms with Crippen molar-refractivity contribution >= 4 is 44.6 Å². The number of alkyl halides is 3.